The molecule has 74 valence electrons. The molecule has 1 rings (SSSR count). The van der Waals surface area contributed by atoms with Gasteiger partial charge in [0.1, 0.15) is 5.75 Å². The molecule has 0 aromatic heterocycles. The second-order valence-corrected chi connectivity index (χ2v) is 2.75. The van der Waals surface area contributed by atoms with E-state index in [0.29, 0.717) is 0 Å². The van der Waals surface area contributed by atoms with E-state index >= 15 is 0 Å². The highest BCUT2D eigenvalue weighted by Crippen LogP contribution is 2.17. The van der Waals surface area contributed by atoms with Crippen LogP contribution in [0.5, 0.6) is 5.75 Å². The lowest BCUT2D eigenvalue weighted by molar-refractivity contribution is -0.131. The Labute approximate surface area is 86.8 Å². The molecule has 0 saturated heterocycles. The zero-order chi connectivity index (χ0) is 10.6. The Kier molecular flexibility index (Phi) is 3.53. The molecule has 0 saturated carbocycles. The van der Waals surface area contributed by atoms with Gasteiger partial charge in [0.25, 0.3) is 5.91 Å². The Bertz CT molecular complexity index is 365. The van der Waals surface area contributed by atoms with Crippen molar-refractivity contribution in [3.8, 4) is 5.75 Å². The first kappa shape index (κ1) is 10.6. The van der Waals surface area contributed by atoms with Crippen LogP contribution in [0.15, 0.2) is 24.3 Å². The summed E-state index contributed by atoms with van der Waals surface area (Å²) < 4.78 is 6.99. The van der Waals surface area contributed by atoms with Gasteiger partial charge in [-0.25, -0.2) is 0 Å². The van der Waals surface area contributed by atoms with Gasteiger partial charge in [0, 0.05) is 6.92 Å². The van der Waals surface area contributed by atoms with Crippen LogP contribution >= 0.6 is 12.8 Å². The predicted octanol–water partition coefficient (Wildman–Crippen LogP) is 1.19. The summed E-state index contributed by atoms with van der Waals surface area (Å²) in [5.74, 6) is -0.652. The number of para-hydroxylation sites is 1. The average molecular weight is 211 g/mol. The number of nitrogens with one attached hydrogen (secondary N) is 1. The first-order chi connectivity index (χ1) is 6.65. The zero-order valence-corrected chi connectivity index (χ0v) is 8.38. The molecule has 0 aliphatic rings. The highest BCUT2D eigenvalue weighted by Gasteiger charge is 2.11. The molecule has 0 bridgehead atoms. The topological polar surface area (TPSA) is 55.4 Å². The minimum Gasteiger partial charge on any atom is -0.426 e. The predicted molar refractivity (Wildman–Crippen MR) is 54.2 cm³/mol. The lowest BCUT2D eigenvalue weighted by Crippen LogP contribution is -2.15. The number of thiol groups is 1. The SMILES string of the molecule is CC(=O)Oc1ccccc1C(=O)NS. The second-order valence-electron chi connectivity index (χ2n) is 2.53. The van der Waals surface area contributed by atoms with Gasteiger partial charge in [-0.1, -0.05) is 24.9 Å². The monoisotopic (exact) mass is 211 g/mol. The number of rotatable bonds is 2. The molecule has 0 radical (unpaired) electrons. The van der Waals surface area contributed by atoms with E-state index in [2.05, 4.69) is 17.5 Å². The van der Waals surface area contributed by atoms with Crippen LogP contribution in [0.3, 0.4) is 0 Å². The van der Waals surface area contributed by atoms with Crippen molar-refractivity contribution < 1.29 is 14.3 Å². The number of ether oxygens (including phenoxy) is 1. The van der Waals surface area contributed by atoms with Gasteiger partial charge >= 0.3 is 5.97 Å². The van der Waals surface area contributed by atoms with Crippen LogP contribution in [0.1, 0.15) is 17.3 Å². The third kappa shape index (κ3) is 2.50. The zero-order valence-electron chi connectivity index (χ0n) is 7.48. The van der Waals surface area contributed by atoms with E-state index < -0.39 is 11.9 Å². The fourth-order valence-electron chi connectivity index (χ4n) is 0.958. The van der Waals surface area contributed by atoms with Crippen molar-refractivity contribution in [2.75, 3.05) is 0 Å². The molecule has 4 nitrogen and oxygen atoms in total. The summed E-state index contributed by atoms with van der Waals surface area (Å²) in [4.78, 5) is 21.9. The van der Waals surface area contributed by atoms with E-state index in [4.69, 9.17) is 4.74 Å². The van der Waals surface area contributed by atoms with E-state index in [1.165, 1.54) is 6.92 Å². The van der Waals surface area contributed by atoms with Gasteiger partial charge in [-0.05, 0) is 12.1 Å². The summed E-state index contributed by atoms with van der Waals surface area (Å²) in [5.41, 5.74) is 0.276. The first-order valence-electron chi connectivity index (χ1n) is 3.87. The number of carbonyl (C=O) groups excluding carboxylic acids is 2. The molecule has 0 atom stereocenters. The van der Waals surface area contributed by atoms with E-state index in [-0.39, 0.29) is 11.3 Å². The summed E-state index contributed by atoms with van der Waals surface area (Å²) in [5, 5.41) is 0. The lowest BCUT2D eigenvalue weighted by atomic mass is 10.2. The van der Waals surface area contributed by atoms with E-state index in [1.807, 2.05) is 0 Å². The molecule has 0 unspecified atom stereocenters. The third-order valence-corrected chi connectivity index (χ3v) is 1.69. The molecule has 1 aromatic carbocycles. The van der Waals surface area contributed by atoms with Crippen LogP contribution in [-0.2, 0) is 4.79 Å². The number of benzene rings is 1. The second kappa shape index (κ2) is 4.66. The Hall–Kier alpha value is -1.49. The molecule has 1 N–H and O–H groups in total. The van der Waals surface area contributed by atoms with Crippen LogP contribution in [-0.4, -0.2) is 11.9 Å². The number of hydrogen-bond donors (Lipinski definition) is 2. The Balaban J connectivity index is 3.02. The van der Waals surface area contributed by atoms with Crippen molar-refractivity contribution in [2.45, 2.75) is 6.92 Å². The van der Waals surface area contributed by atoms with Crippen LogP contribution in [0, 0.1) is 0 Å². The van der Waals surface area contributed by atoms with Gasteiger partial charge in [0.05, 0.1) is 5.56 Å². The number of hydrogen-bond acceptors (Lipinski definition) is 4. The van der Waals surface area contributed by atoms with Crippen molar-refractivity contribution in [2.24, 2.45) is 0 Å². The van der Waals surface area contributed by atoms with Gasteiger partial charge in [-0.3, -0.25) is 14.3 Å². The fraction of sp³-hybridized carbons (Fsp3) is 0.111. The fourth-order valence-corrected chi connectivity index (χ4v) is 1.08. The number of carbonyl (C=O) groups is 2. The van der Waals surface area contributed by atoms with Crippen molar-refractivity contribution in [1.29, 1.82) is 0 Å². The molecule has 1 aromatic rings. The maximum absolute atomic E-state index is 11.2. The summed E-state index contributed by atoms with van der Waals surface area (Å²) in [6, 6.07) is 6.43. The van der Waals surface area contributed by atoms with E-state index in [1.54, 1.807) is 24.3 Å². The normalized spacial score (nSPS) is 9.29. The largest absolute Gasteiger partial charge is 0.426 e. The minimum absolute atomic E-state index is 0.228. The van der Waals surface area contributed by atoms with Crippen molar-refractivity contribution >= 4 is 24.7 Å². The van der Waals surface area contributed by atoms with Crippen molar-refractivity contribution in [3.05, 3.63) is 29.8 Å². The summed E-state index contributed by atoms with van der Waals surface area (Å²) in [7, 11) is 0. The van der Waals surface area contributed by atoms with E-state index in [9.17, 15) is 9.59 Å². The van der Waals surface area contributed by atoms with Gasteiger partial charge in [-0.15, -0.1) is 0 Å². The number of amides is 1. The molecule has 5 heteroatoms. The molecule has 0 heterocycles. The van der Waals surface area contributed by atoms with Gasteiger partial charge in [-0.2, -0.15) is 0 Å². The maximum atomic E-state index is 11.2. The average Bonchev–Trinajstić information content (AvgIpc) is 2.16. The molecule has 0 spiro atoms. The molecule has 0 aliphatic carbocycles. The van der Waals surface area contributed by atoms with Gasteiger partial charge in [0.2, 0.25) is 0 Å². The van der Waals surface area contributed by atoms with Crippen LogP contribution in [0.4, 0.5) is 0 Å². The molecule has 14 heavy (non-hydrogen) atoms. The Morgan fingerprint density at radius 3 is 2.57 bits per heavy atom. The first-order valence-corrected chi connectivity index (χ1v) is 4.31. The number of esters is 1. The van der Waals surface area contributed by atoms with Gasteiger partial charge < -0.3 is 4.74 Å². The van der Waals surface area contributed by atoms with Crippen LogP contribution in [0.2, 0.25) is 0 Å². The summed E-state index contributed by atoms with van der Waals surface area (Å²) >= 11 is 3.62. The summed E-state index contributed by atoms with van der Waals surface area (Å²) in [6.07, 6.45) is 0. The Morgan fingerprint density at radius 1 is 1.36 bits per heavy atom. The summed E-state index contributed by atoms with van der Waals surface area (Å²) in [6.45, 7) is 1.27. The quantitative estimate of drug-likeness (QED) is 0.439. The third-order valence-electron chi connectivity index (χ3n) is 1.49. The van der Waals surface area contributed by atoms with Crippen LogP contribution in [0.25, 0.3) is 0 Å². The van der Waals surface area contributed by atoms with Crippen molar-refractivity contribution in [1.82, 2.24) is 4.72 Å². The lowest BCUT2D eigenvalue weighted by Gasteiger charge is -2.06. The van der Waals surface area contributed by atoms with Gasteiger partial charge in [0.15, 0.2) is 0 Å². The smallest absolute Gasteiger partial charge is 0.308 e. The maximum Gasteiger partial charge on any atom is 0.308 e. The molecule has 1 amide bonds. The van der Waals surface area contributed by atoms with Crippen molar-refractivity contribution in [3.63, 3.8) is 0 Å². The highest BCUT2D eigenvalue weighted by atomic mass is 32.1. The van der Waals surface area contributed by atoms with E-state index in [0.717, 1.165) is 0 Å². The Morgan fingerprint density at radius 2 is 2.00 bits per heavy atom. The minimum atomic E-state index is -0.468. The van der Waals surface area contributed by atoms with Crippen LogP contribution < -0.4 is 9.46 Å². The molecule has 0 fully saturated rings. The standard InChI is InChI=1S/C9H9NO3S/c1-6(11)13-8-5-3-2-4-7(8)9(12)10-14/h2-5,14H,1H3,(H,10,12). The highest BCUT2D eigenvalue weighted by molar-refractivity contribution is 7.78. The molecular formula is C9H9NO3S. The molecule has 0 aliphatic heterocycles. The molecular weight excluding hydrogens is 202 g/mol.